The van der Waals surface area contributed by atoms with Gasteiger partial charge < -0.3 is 25.6 Å². The van der Waals surface area contributed by atoms with Gasteiger partial charge >= 0.3 is 0 Å². The van der Waals surface area contributed by atoms with E-state index in [1.54, 1.807) is 21.6 Å². The Labute approximate surface area is 251 Å². The lowest BCUT2D eigenvalue weighted by molar-refractivity contribution is -0.140. The summed E-state index contributed by atoms with van der Waals surface area (Å²) in [6.07, 6.45) is 6.51. The average Bonchev–Trinajstić information content (AvgIpc) is 3.77. The number of nitrogens with zero attached hydrogens (tertiary/aromatic N) is 6. The van der Waals surface area contributed by atoms with E-state index in [0.717, 1.165) is 47.5 Å². The molecular formula is C31H40N8O4. The van der Waals surface area contributed by atoms with E-state index in [1.807, 2.05) is 37.4 Å². The van der Waals surface area contributed by atoms with Gasteiger partial charge in [0.15, 0.2) is 0 Å². The van der Waals surface area contributed by atoms with E-state index in [0.29, 0.717) is 38.9 Å². The Morgan fingerprint density at radius 2 is 2.00 bits per heavy atom. The Balaban J connectivity index is 1.24. The molecule has 0 saturated carbocycles. The molecule has 3 amide bonds. The molecule has 3 N–H and O–H groups in total. The highest BCUT2D eigenvalue weighted by molar-refractivity contribution is 5.91. The maximum absolute atomic E-state index is 13.6. The van der Waals surface area contributed by atoms with Crippen LogP contribution in [0.25, 0.3) is 6.08 Å². The van der Waals surface area contributed by atoms with Crippen molar-refractivity contribution in [1.82, 2.24) is 30.1 Å². The van der Waals surface area contributed by atoms with Crippen molar-refractivity contribution in [3.8, 4) is 11.8 Å². The number of fused-ring (bicyclic) bond motifs is 1. The van der Waals surface area contributed by atoms with Gasteiger partial charge in [-0.2, -0.15) is 5.26 Å². The molecule has 3 heterocycles. The van der Waals surface area contributed by atoms with Gasteiger partial charge in [0.25, 0.3) is 0 Å². The molecule has 2 aliphatic heterocycles. The fourth-order valence-corrected chi connectivity index (χ4v) is 6.41. The van der Waals surface area contributed by atoms with Crippen LogP contribution in [0, 0.1) is 17.2 Å². The number of carbonyl (C=O) groups excluding carboxylic acids is 3. The summed E-state index contributed by atoms with van der Waals surface area (Å²) in [7, 11) is 3.49. The SMILES string of the molecule is COc1ccc(CC2CC(C(=O)NCC3=Cc4nnn(C)c4CC3)N(C(=O)C(N)CCC(=O)N3CCCC3C#N)C2)cc1. The van der Waals surface area contributed by atoms with E-state index in [1.165, 1.54) is 0 Å². The molecule has 2 aromatic rings. The highest BCUT2D eigenvalue weighted by atomic mass is 16.5. The Hall–Kier alpha value is -4.24. The van der Waals surface area contributed by atoms with Gasteiger partial charge in [0.2, 0.25) is 17.7 Å². The molecule has 1 aromatic heterocycles. The van der Waals surface area contributed by atoms with Gasteiger partial charge in [0, 0.05) is 33.1 Å². The molecule has 2 saturated heterocycles. The largest absolute Gasteiger partial charge is 0.497 e. The molecule has 0 radical (unpaired) electrons. The summed E-state index contributed by atoms with van der Waals surface area (Å²) in [6, 6.07) is 8.00. The van der Waals surface area contributed by atoms with Crippen LogP contribution >= 0.6 is 0 Å². The van der Waals surface area contributed by atoms with Crippen molar-refractivity contribution in [1.29, 1.82) is 5.26 Å². The van der Waals surface area contributed by atoms with Gasteiger partial charge in [-0.1, -0.05) is 17.3 Å². The lowest BCUT2D eigenvalue weighted by Gasteiger charge is -2.27. The zero-order valence-corrected chi connectivity index (χ0v) is 24.9. The standard InChI is InChI=1S/C31H40N8O4/c1-37-27-11-7-21(15-26(27)35-36-37)18-34-30(41)28-16-22(14-20-5-8-24(43-2)9-6-20)19-39(28)31(42)25(33)10-12-29(40)38-13-3-4-23(38)17-32/h5-6,8-9,15,22-23,25,28H,3-4,7,10-14,16,18-19,33H2,1-2H3,(H,34,41). The molecule has 43 heavy (non-hydrogen) atoms. The number of aromatic nitrogens is 3. The number of rotatable bonds is 10. The number of hydrogen-bond donors (Lipinski definition) is 2. The first-order chi connectivity index (χ1) is 20.8. The number of carbonyl (C=O) groups is 3. The number of nitrogens with two attached hydrogens (primary N) is 1. The molecule has 1 aliphatic carbocycles. The van der Waals surface area contributed by atoms with Crippen molar-refractivity contribution < 1.29 is 19.1 Å². The third kappa shape index (κ3) is 6.88. The van der Waals surface area contributed by atoms with Gasteiger partial charge in [-0.25, -0.2) is 0 Å². The minimum atomic E-state index is -0.918. The molecule has 1 aromatic carbocycles. The minimum absolute atomic E-state index is 0.0685. The molecular weight excluding hydrogens is 548 g/mol. The van der Waals surface area contributed by atoms with Gasteiger partial charge in [-0.15, -0.1) is 5.10 Å². The van der Waals surface area contributed by atoms with Gasteiger partial charge in [0.05, 0.1) is 24.9 Å². The van der Waals surface area contributed by atoms with Crippen molar-refractivity contribution >= 4 is 23.8 Å². The Bertz CT molecular complexity index is 1410. The van der Waals surface area contributed by atoms with Crippen LogP contribution in [0.4, 0.5) is 0 Å². The monoisotopic (exact) mass is 588 g/mol. The van der Waals surface area contributed by atoms with E-state index >= 15 is 0 Å². The second kappa shape index (κ2) is 13.4. The number of amides is 3. The number of methoxy groups -OCH3 is 1. The number of hydrogen-bond acceptors (Lipinski definition) is 8. The smallest absolute Gasteiger partial charge is 0.243 e. The zero-order valence-electron chi connectivity index (χ0n) is 24.9. The molecule has 5 rings (SSSR count). The van der Waals surface area contributed by atoms with Crippen molar-refractivity contribution in [3.05, 3.63) is 46.8 Å². The lowest BCUT2D eigenvalue weighted by atomic mass is 9.96. The van der Waals surface area contributed by atoms with Crippen molar-refractivity contribution in [2.45, 2.75) is 69.5 Å². The van der Waals surface area contributed by atoms with Gasteiger partial charge in [-0.3, -0.25) is 19.1 Å². The maximum atomic E-state index is 13.6. The maximum Gasteiger partial charge on any atom is 0.243 e. The summed E-state index contributed by atoms with van der Waals surface area (Å²) >= 11 is 0. The predicted octanol–water partition coefficient (Wildman–Crippen LogP) is 1.35. The molecule has 228 valence electrons. The summed E-state index contributed by atoms with van der Waals surface area (Å²) in [5, 5.41) is 20.6. The minimum Gasteiger partial charge on any atom is -0.497 e. The van der Waals surface area contributed by atoms with Crippen LogP contribution in [0.5, 0.6) is 5.75 Å². The summed E-state index contributed by atoms with van der Waals surface area (Å²) in [5.74, 6) is 0.134. The van der Waals surface area contributed by atoms with Crippen molar-refractivity contribution in [2.24, 2.45) is 18.7 Å². The second-order valence-corrected chi connectivity index (χ2v) is 11.7. The number of ether oxygens (including phenoxy) is 1. The lowest BCUT2D eigenvalue weighted by Crippen LogP contribution is -2.51. The average molecular weight is 589 g/mol. The molecule has 2 fully saturated rings. The number of benzene rings is 1. The fourth-order valence-electron chi connectivity index (χ4n) is 6.41. The molecule has 12 heteroatoms. The third-order valence-corrected chi connectivity index (χ3v) is 8.85. The molecule has 4 unspecified atom stereocenters. The third-order valence-electron chi connectivity index (χ3n) is 8.85. The summed E-state index contributed by atoms with van der Waals surface area (Å²) in [5.41, 5.74) is 10.4. The van der Waals surface area contributed by atoms with E-state index in [2.05, 4.69) is 21.7 Å². The topological polar surface area (TPSA) is 159 Å². The van der Waals surface area contributed by atoms with E-state index in [9.17, 15) is 19.6 Å². The quantitative estimate of drug-likeness (QED) is 0.421. The van der Waals surface area contributed by atoms with E-state index in [-0.39, 0.29) is 36.5 Å². The highest BCUT2D eigenvalue weighted by Crippen LogP contribution is 2.29. The molecule has 0 bridgehead atoms. The molecule has 0 spiro atoms. The first kappa shape index (κ1) is 30.2. The summed E-state index contributed by atoms with van der Waals surface area (Å²) < 4.78 is 7.04. The normalized spacial score (nSPS) is 22.0. The first-order valence-electron chi connectivity index (χ1n) is 15.0. The van der Waals surface area contributed by atoms with Crippen LogP contribution < -0.4 is 15.8 Å². The van der Waals surface area contributed by atoms with Crippen molar-refractivity contribution in [2.75, 3.05) is 26.7 Å². The second-order valence-electron chi connectivity index (χ2n) is 11.7. The molecule has 3 aliphatic rings. The van der Waals surface area contributed by atoms with Crippen LogP contribution in [-0.4, -0.2) is 87.4 Å². The Kier molecular flexibility index (Phi) is 9.40. The number of aryl methyl sites for hydroxylation is 1. The van der Waals surface area contributed by atoms with Crippen LogP contribution in [0.1, 0.15) is 55.5 Å². The van der Waals surface area contributed by atoms with Crippen LogP contribution in [0.15, 0.2) is 29.8 Å². The zero-order chi connectivity index (χ0) is 30.5. The molecule has 4 atom stereocenters. The van der Waals surface area contributed by atoms with Crippen LogP contribution in [0.2, 0.25) is 0 Å². The Morgan fingerprint density at radius 3 is 2.74 bits per heavy atom. The van der Waals surface area contributed by atoms with Gasteiger partial charge in [-0.05, 0) is 80.2 Å². The fraction of sp³-hybridized carbons (Fsp3) is 0.548. The number of nitriles is 1. The number of nitrogens with one attached hydrogen (secondary N) is 1. The highest BCUT2D eigenvalue weighted by Gasteiger charge is 2.41. The van der Waals surface area contributed by atoms with Crippen LogP contribution in [0.3, 0.4) is 0 Å². The number of likely N-dealkylation sites (tertiary alicyclic amines) is 2. The van der Waals surface area contributed by atoms with E-state index < -0.39 is 18.1 Å². The van der Waals surface area contributed by atoms with Crippen LogP contribution in [-0.2, 0) is 34.3 Å². The predicted molar refractivity (Wildman–Crippen MR) is 158 cm³/mol. The molecule has 12 nitrogen and oxygen atoms in total. The summed E-state index contributed by atoms with van der Waals surface area (Å²) in [4.78, 5) is 43.1. The summed E-state index contributed by atoms with van der Waals surface area (Å²) in [6.45, 7) is 1.32. The van der Waals surface area contributed by atoms with Crippen molar-refractivity contribution in [3.63, 3.8) is 0 Å². The van der Waals surface area contributed by atoms with E-state index in [4.69, 9.17) is 10.5 Å². The first-order valence-corrected chi connectivity index (χ1v) is 15.0. The Morgan fingerprint density at radius 1 is 1.21 bits per heavy atom. The van der Waals surface area contributed by atoms with Gasteiger partial charge in [0.1, 0.15) is 23.5 Å².